The van der Waals surface area contributed by atoms with Crippen LogP contribution < -0.4 is 9.80 Å². The van der Waals surface area contributed by atoms with Crippen molar-refractivity contribution in [2.24, 2.45) is 0 Å². The summed E-state index contributed by atoms with van der Waals surface area (Å²) in [5.41, 5.74) is 7.02. The molecule has 6 heteroatoms. The summed E-state index contributed by atoms with van der Waals surface area (Å²) in [6, 6.07) is 53.3. The molecular formula is C38H27N3O2S. The molecule has 1 N–H and O–H groups in total. The number of nitriles is 1. The fraction of sp³-hybridized carbons (Fsp3) is 0. The Kier molecular flexibility index (Phi) is 8.31. The van der Waals surface area contributed by atoms with Crippen LogP contribution in [0.2, 0.25) is 0 Å². The van der Waals surface area contributed by atoms with Crippen molar-refractivity contribution < 1.29 is 9.90 Å². The van der Waals surface area contributed by atoms with Gasteiger partial charge < -0.3 is 14.9 Å². The minimum Gasteiger partial charge on any atom is -0.477 e. The van der Waals surface area contributed by atoms with Gasteiger partial charge in [-0.25, -0.2) is 4.79 Å². The highest BCUT2D eigenvalue weighted by Crippen LogP contribution is 2.39. The third kappa shape index (κ3) is 6.14. The molecular weight excluding hydrogens is 563 g/mol. The molecule has 0 spiro atoms. The Morgan fingerprint density at radius 2 is 0.955 bits per heavy atom. The third-order valence-corrected chi connectivity index (χ3v) is 8.16. The monoisotopic (exact) mass is 589 g/mol. The van der Waals surface area contributed by atoms with Crippen LogP contribution in [-0.4, -0.2) is 11.1 Å². The highest BCUT2D eigenvalue weighted by atomic mass is 32.1. The van der Waals surface area contributed by atoms with Crippen molar-refractivity contribution in [2.45, 2.75) is 0 Å². The summed E-state index contributed by atoms with van der Waals surface area (Å²) in [5.74, 6) is -1.23. The zero-order chi connectivity index (χ0) is 30.3. The molecule has 0 amide bonds. The van der Waals surface area contributed by atoms with Crippen LogP contribution in [0.15, 0.2) is 157 Å². The largest absolute Gasteiger partial charge is 0.477 e. The van der Waals surface area contributed by atoms with E-state index in [2.05, 4.69) is 94.7 Å². The molecule has 0 aliphatic rings. The first-order chi connectivity index (χ1) is 21.6. The number of hydrogen-bond donors (Lipinski definition) is 1. The van der Waals surface area contributed by atoms with Crippen LogP contribution in [0, 0.1) is 11.3 Å². The number of hydrogen-bond acceptors (Lipinski definition) is 5. The highest BCUT2D eigenvalue weighted by Gasteiger charge is 2.16. The van der Waals surface area contributed by atoms with Crippen LogP contribution in [0.4, 0.5) is 34.1 Å². The molecule has 0 bridgehead atoms. The lowest BCUT2D eigenvalue weighted by Crippen LogP contribution is -2.12. The van der Waals surface area contributed by atoms with Gasteiger partial charge in [0.15, 0.2) is 0 Å². The molecule has 0 aliphatic heterocycles. The van der Waals surface area contributed by atoms with Gasteiger partial charge in [0.1, 0.15) is 11.6 Å². The van der Waals surface area contributed by atoms with Crippen molar-refractivity contribution in [2.75, 3.05) is 9.80 Å². The van der Waals surface area contributed by atoms with Crippen LogP contribution in [0.3, 0.4) is 0 Å². The Balaban J connectivity index is 1.33. The van der Waals surface area contributed by atoms with E-state index in [0.717, 1.165) is 44.6 Å². The smallest absolute Gasteiger partial charge is 0.346 e. The Bertz CT molecular complexity index is 1890. The van der Waals surface area contributed by atoms with Gasteiger partial charge in [0.25, 0.3) is 0 Å². The van der Waals surface area contributed by atoms with Gasteiger partial charge in [-0.1, -0.05) is 66.7 Å². The first kappa shape index (κ1) is 28.2. The molecule has 44 heavy (non-hydrogen) atoms. The highest BCUT2D eigenvalue weighted by molar-refractivity contribution is 7.16. The Hall–Kier alpha value is -5.90. The number of carbonyl (C=O) groups is 1. The second-order valence-electron chi connectivity index (χ2n) is 9.92. The van der Waals surface area contributed by atoms with Crippen molar-refractivity contribution in [3.8, 4) is 16.5 Å². The Morgan fingerprint density at radius 3 is 1.34 bits per heavy atom. The lowest BCUT2D eigenvalue weighted by molar-refractivity contribution is -0.132. The van der Waals surface area contributed by atoms with Gasteiger partial charge in [-0.15, -0.1) is 11.3 Å². The molecule has 6 rings (SSSR count). The van der Waals surface area contributed by atoms with Crippen molar-refractivity contribution in [1.29, 1.82) is 5.26 Å². The number of nitrogens with zero attached hydrogens (tertiary/aromatic N) is 3. The standard InChI is InChI=1S/C38H27N3O2S/c39-27-29(38(42)43)26-36-24-25-37(44-36)28-16-18-33(19-17-28)41(32-14-8-3-9-15-32)35-22-20-34(21-23-35)40(30-10-4-1-5-11-30)31-12-6-2-7-13-31/h1-26H,(H,42,43)/b29-26+. The molecule has 1 heterocycles. The first-order valence-corrected chi connectivity index (χ1v) is 14.8. The minimum absolute atomic E-state index is 0.283. The Labute approximate surface area is 260 Å². The summed E-state index contributed by atoms with van der Waals surface area (Å²) in [4.78, 5) is 17.4. The average molecular weight is 590 g/mol. The van der Waals surface area contributed by atoms with Crippen molar-refractivity contribution >= 4 is 57.5 Å². The van der Waals surface area contributed by atoms with E-state index in [1.807, 2.05) is 66.7 Å². The average Bonchev–Trinajstić information content (AvgIpc) is 3.55. The van der Waals surface area contributed by atoms with Crippen LogP contribution in [-0.2, 0) is 4.79 Å². The van der Waals surface area contributed by atoms with Crippen molar-refractivity contribution in [3.05, 3.63) is 162 Å². The third-order valence-electron chi connectivity index (χ3n) is 7.08. The fourth-order valence-corrected chi connectivity index (χ4v) is 5.98. The summed E-state index contributed by atoms with van der Waals surface area (Å²) in [7, 11) is 0. The second kappa shape index (κ2) is 13.0. The van der Waals surface area contributed by atoms with Gasteiger partial charge >= 0.3 is 5.97 Å². The summed E-state index contributed by atoms with van der Waals surface area (Å²) in [6.07, 6.45) is 1.41. The predicted octanol–water partition coefficient (Wildman–Crippen LogP) is 10.3. The molecule has 212 valence electrons. The van der Waals surface area contributed by atoms with Gasteiger partial charge in [-0.3, -0.25) is 0 Å². The van der Waals surface area contributed by atoms with Crippen LogP contribution in [0.25, 0.3) is 16.5 Å². The maximum atomic E-state index is 11.2. The summed E-state index contributed by atoms with van der Waals surface area (Å²) < 4.78 is 0. The van der Waals surface area contributed by atoms with Gasteiger partial charge in [0.2, 0.25) is 0 Å². The number of carboxylic acids is 1. The van der Waals surface area contributed by atoms with E-state index >= 15 is 0 Å². The van der Waals surface area contributed by atoms with Gasteiger partial charge in [0, 0.05) is 43.9 Å². The van der Waals surface area contributed by atoms with Gasteiger partial charge in [0.05, 0.1) is 0 Å². The van der Waals surface area contributed by atoms with E-state index in [1.54, 1.807) is 6.07 Å². The summed E-state index contributed by atoms with van der Waals surface area (Å²) >= 11 is 1.45. The van der Waals surface area contributed by atoms with Crippen LogP contribution >= 0.6 is 11.3 Å². The lowest BCUT2D eigenvalue weighted by atomic mass is 10.1. The van der Waals surface area contributed by atoms with E-state index in [1.165, 1.54) is 17.4 Å². The number of aliphatic carboxylic acids is 1. The first-order valence-electron chi connectivity index (χ1n) is 14.0. The van der Waals surface area contributed by atoms with E-state index in [0.29, 0.717) is 4.88 Å². The molecule has 0 fully saturated rings. The number of benzene rings is 5. The van der Waals surface area contributed by atoms with E-state index in [4.69, 9.17) is 5.26 Å². The number of thiophene rings is 1. The zero-order valence-corrected chi connectivity index (χ0v) is 24.4. The predicted molar refractivity (Wildman–Crippen MR) is 180 cm³/mol. The summed E-state index contributed by atoms with van der Waals surface area (Å²) in [5, 5.41) is 18.3. The zero-order valence-electron chi connectivity index (χ0n) is 23.6. The molecule has 0 radical (unpaired) electrons. The number of para-hydroxylation sites is 3. The number of rotatable bonds is 9. The molecule has 0 saturated carbocycles. The maximum Gasteiger partial charge on any atom is 0.346 e. The van der Waals surface area contributed by atoms with Crippen LogP contribution in [0.1, 0.15) is 4.88 Å². The fourth-order valence-electron chi connectivity index (χ4n) is 5.02. The molecule has 1 aromatic heterocycles. The molecule has 0 saturated heterocycles. The lowest BCUT2D eigenvalue weighted by Gasteiger charge is -2.28. The molecule has 6 aromatic rings. The number of carboxylic acid groups (broad SMARTS) is 1. The van der Waals surface area contributed by atoms with E-state index in [-0.39, 0.29) is 5.57 Å². The van der Waals surface area contributed by atoms with E-state index < -0.39 is 5.97 Å². The topological polar surface area (TPSA) is 67.6 Å². The normalized spacial score (nSPS) is 11.0. The Morgan fingerprint density at radius 1 is 0.568 bits per heavy atom. The molecule has 5 aromatic carbocycles. The quantitative estimate of drug-likeness (QED) is 0.134. The van der Waals surface area contributed by atoms with Crippen LogP contribution in [0.5, 0.6) is 0 Å². The van der Waals surface area contributed by atoms with Crippen molar-refractivity contribution in [1.82, 2.24) is 0 Å². The molecule has 5 nitrogen and oxygen atoms in total. The summed E-state index contributed by atoms with van der Waals surface area (Å²) in [6.45, 7) is 0. The second-order valence-corrected chi connectivity index (χ2v) is 11.0. The van der Waals surface area contributed by atoms with Crippen molar-refractivity contribution in [3.63, 3.8) is 0 Å². The van der Waals surface area contributed by atoms with Gasteiger partial charge in [-0.2, -0.15) is 5.26 Å². The van der Waals surface area contributed by atoms with Gasteiger partial charge in [-0.05, 0) is 96.6 Å². The molecule has 0 aliphatic carbocycles. The molecule has 0 unspecified atom stereocenters. The van der Waals surface area contributed by atoms with E-state index in [9.17, 15) is 9.90 Å². The maximum absolute atomic E-state index is 11.2. The minimum atomic E-state index is -1.23. The molecule has 0 atom stereocenters. The number of anilines is 6. The SMILES string of the molecule is N#C/C(=C\c1ccc(-c2ccc(N(c3ccccc3)c3ccc(N(c4ccccc4)c4ccccc4)cc3)cc2)s1)C(=O)O.